The molecule has 0 radical (unpaired) electrons. The standard InChI is InChI=1S/C20H32F2N4O3.HI/c1-4-23-20(24-9-10-26(11-12-27-2)16-5-6-16)25-14-15-13-17(28-3)7-8-18(15)29-19(21)22;/h7-8,13,16,19H,4-6,9-12,14H2,1-3H3,(H2,23,24,25);1H. The van der Waals surface area contributed by atoms with Gasteiger partial charge in [0.05, 0.1) is 20.3 Å². The number of methoxy groups -OCH3 is 2. The Bertz CT molecular complexity index is 648. The normalized spacial score (nSPS) is 13.9. The minimum atomic E-state index is -2.89. The lowest BCUT2D eigenvalue weighted by Crippen LogP contribution is -2.42. The SMILES string of the molecule is CCNC(=NCc1cc(OC)ccc1OC(F)F)NCCN(CCOC)C1CC1.I. The first-order valence-electron chi connectivity index (χ1n) is 9.94. The molecule has 0 aliphatic heterocycles. The average molecular weight is 542 g/mol. The average Bonchev–Trinajstić information content (AvgIpc) is 3.54. The van der Waals surface area contributed by atoms with E-state index in [1.54, 1.807) is 19.2 Å². The van der Waals surface area contributed by atoms with E-state index in [4.69, 9.17) is 9.47 Å². The number of aliphatic imine (C=N–C) groups is 1. The van der Waals surface area contributed by atoms with Gasteiger partial charge in [0.15, 0.2) is 5.96 Å². The molecule has 1 aromatic carbocycles. The summed E-state index contributed by atoms with van der Waals surface area (Å²) in [7, 11) is 3.24. The Hall–Kier alpha value is -1.40. The van der Waals surface area contributed by atoms with E-state index in [0.29, 0.717) is 36.5 Å². The maximum Gasteiger partial charge on any atom is 0.387 e. The lowest BCUT2D eigenvalue weighted by Gasteiger charge is -2.22. The molecule has 2 N–H and O–H groups in total. The predicted molar refractivity (Wildman–Crippen MR) is 124 cm³/mol. The second-order valence-corrected chi connectivity index (χ2v) is 6.73. The van der Waals surface area contributed by atoms with Crippen molar-refractivity contribution in [2.45, 2.75) is 39.0 Å². The van der Waals surface area contributed by atoms with Crippen LogP contribution >= 0.6 is 24.0 Å². The van der Waals surface area contributed by atoms with Crippen molar-refractivity contribution in [3.05, 3.63) is 23.8 Å². The predicted octanol–water partition coefficient (Wildman–Crippen LogP) is 3.08. The summed E-state index contributed by atoms with van der Waals surface area (Å²) < 4.78 is 40.3. The van der Waals surface area contributed by atoms with Gasteiger partial charge in [-0.3, -0.25) is 4.90 Å². The van der Waals surface area contributed by atoms with Gasteiger partial charge in [-0.25, -0.2) is 4.99 Å². The molecule has 30 heavy (non-hydrogen) atoms. The number of nitrogens with one attached hydrogen (secondary N) is 2. The van der Waals surface area contributed by atoms with Gasteiger partial charge in [0.25, 0.3) is 0 Å². The summed E-state index contributed by atoms with van der Waals surface area (Å²) in [6.45, 7) is 3.20. The van der Waals surface area contributed by atoms with Gasteiger partial charge in [-0.1, -0.05) is 0 Å². The van der Waals surface area contributed by atoms with Gasteiger partial charge in [-0.05, 0) is 38.0 Å². The fourth-order valence-corrected chi connectivity index (χ4v) is 2.97. The number of hydrogen-bond acceptors (Lipinski definition) is 5. The van der Waals surface area contributed by atoms with Crippen LogP contribution in [0.15, 0.2) is 23.2 Å². The van der Waals surface area contributed by atoms with E-state index in [1.807, 2.05) is 6.92 Å². The number of rotatable bonds is 13. The molecule has 1 aromatic rings. The fourth-order valence-electron chi connectivity index (χ4n) is 2.97. The monoisotopic (exact) mass is 542 g/mol. The molecule has 0 atom stereocenters. The molecule has 1 saturated carbocycles. The van der Waals surface area contributed by atoms with Gasteiger partial charge < -0.3 is 24.8 Å². The largest absolute Gasteiger partial charge is 0.497 e. The Kier molecular flexibility index (Phi) is 12.9. The first-order valence-corrected chi connectivity index (χ1v) is 9.94. The van der Waals surface area contributed by atoms with Crippen molar-refractivity contribution < 1.29 is 23.0 Å². The van der Waals surface area contributed by atoms with Crippen molar-refractivity contribution in [3.8, 4) is 11.5 Å². The zero-order valence-electron chi connectivity index (χ0n) is 17.8. The molecule has 0 bridgehead atoms. The third-order valence-electron chi connectivity index (χ3n) is 4.57. The molecule has 0 saturated heterocycles. The van der Waals surface area contributed by atoms with Gasteiger partial charge in [0, 0.05) is 44.9 Å². The van der Waals surface area contributed by atoms with Crippen LogP contribution < -0.4 is 20.1 Å². The van der Waals surface area contributed by atoms with Crippen molar-refractivity contribution in [1.82, 2.24) is 15.5 Å². The van der Waals surface area contributed by atoms with Gasteiger partial charge in [-0.15, -0.1) is 24.0 Å². The Morgan fingerprint density at radius 1 is 1.23 bits per heavy atom. The van der Waals surface area contributed by atoms with E-state index in [-0.39, 0.29) is 36.3 Å². The van der Waals surface area contributed by atoms with E-state index in [1.165, 1.54) is 26.0 Å². The van der Waals surface area contributed by atoms with E-state index in [2.05, 4.69) is 25.3 Å². The lowest BCUT2D eigenvalue weighted by molar-refractivity contribution is -0.0504. The highest BCUT2D eigenvalue weighted by molar-refractivity contribution is 14.0. The molecule has 0 aromatic heterocycles. The Balaban J connectivity index is 0.00000450. The summed E-state index contributed by atoms with van der Waals surface area (Å²) in [6, 6.07) is 5.36. The molecule has 1 fully saturated rings. The summed E-state index contributed by atoms with van der Waals surface area (Å²) in [5.41, 5.74) is 0.529. The molecule has 7 nitrogen and oxygen atoms in total. The number of guanidine groups is 1. The van der Waals surface area contributed by atoms with Crippen LogP contribution in [0.1, 0.15) is 25.3 Å². The number of benzene rings is 1. The smallest absolute Gasteiger partial charge is 0.387 e. The van der Waals surface area contributed by atoms with Gasteiger partial charge in [0.2, 0.25) is 0 Å². The lowest BCUT2D eigenvalue weighted by atomic mass is 10.2. The van der Waals surface area contributed by atoms with Crippen molar-refractivity contribution in [2.75, 3.05) is 47.0 Å². The molecular formula is C20H33F2IN4O3. The molecule has 1 aliphatic rings. The second-order valence-electron chi connectivity index (χ2n) is 6.73. The molecule has 172 valence electrons. The second kappa shape index (κ2) is 14.6. The Morgan fingerprint density at radius 2 is 2.00 bits per heavy atom. The highest BCUT2D eigenvalue weighted by atomic mass is 127. The Labute approximate surface area is 194 Å². The maximum atomic E-state index is 12.7. The van der Waals surface area contributed by atoms with Crippen molar-refractivity contribution in [3.63, 3.8) is 0 Å². The first kappa shape index (κ1) is 26.6. The van der Waals surface area contributed by atoms with Crippen LogP contribution in [0, 0.1) is 0 Å². The third kappa shape index (κ3) is 9.61. The zero-order valence-corrected chi connectivity index (χ0v) is 20.2. The maximum absolute atomic E-state index is 12.7. The van der Waals surface area contributed by atoms with E-state index in [0.717, 1.165) is 19.6 Å². The topological polar surface area (TPSA) is 67.4 Å². The van der Waals surface area contributed by atoms with Crippen LogP contribution in [0.4, 0.5) is 8.78 Å². The van der Waals surface area contributed by atoms with Crippen LogP contribution in [0.3, 0.4) is 0 Å². The van der Waals surface area contributed by atoms with Gasteiger partial charge in [-0.2, -0.15) is 8.78 Å². The zero-order chi connectivity index (χ0) is 21.1. The van der Waals surface area contributed by atoms with E-state index < -0.39 is 6.61 Å². The van der Waals surface area contributed by atoms with Gasteiger partial charge in [0.1, 0.15) is 11.5 Å². The quantitative estimate of drug-likeness (QED) is 0.227. The molecule has 2 rings (SSSR count). The van der Waals surface area contributed by atoms with Crippen LogP contribution in [0.2, 0.25) is 0 Å². The molecule has 10 heteroatoms. The van der Waals surface area contributed by atoms with Crippen LogP contribution in [0.25, 0.3) is 0 Å². The van der Waals surface area contributed by atoms with Crippen LogP contribution in [0.5, 0.6) is 11.5 Å². The van der Waals surface area contributed by atoms with Crippen LogP contribution in [-0.2, 0) is 11.3 Å². The van der Waals surface area contributed by atoms with Crippen molar-refractivity contribution in [2.24, 2.45) is 4.99 Å². The minimum absolute atomic E-state index is 0. The summed E-state index contributed by atoms with van der Waals surface area (Å²) in [6.07, 6.45) is 2.47. The number of ether oxygens (including phenoxy) is 3. The minimum Gasteiger partial charge on any atom is -0.497 e. The number of halogens is 3. The fraction of sp³-hybridized carbons (Fsp3) is 0.650. The molecule has 0 heterocycles. The molecule has 0 amide bonds. The Morgan fingerprint density at radius 3 is 2.60 bits per heavy atom. The first-order chi connectivity index (χ1) is 14.1. The number of alkyl halides is 2. The molecular weight excluding hydrogens is 509 g/mol. The molecule has 0 spiro atoms. The summed E-state index contributed by atoms with van der Waals surface area (Å²) in [5, 5.41) is 6.48. The summed E-state index contributed by atoms with van der Waals surface area (Å²) in [5.74, 6) is 1.29. The molecule has 0 unspecified atom stereocenters. The highest BCUT2D eigenvalue weighted by Crippen LogP contribution is 2.27. The van der Waals surface area contributed by atoms with Crippen molar-refractivity contribution in [1.29, 1.82) is 0 Å². The number of hydrogen-bond donors (Lipinski definition) is 2. The van der Waals surface area contributed by atoms with Gasteiger partial charge >= 0.3 is 6.61 Å². The summed E-state index contributed by atoms with van der Waals surface area (Å²) >= 11 is 0. The highest BCUT2D eigenvalue weighted by Gasteiger charge is 2.28. The molecule has 1 aliphatic carbocycles. The summed E-state index contributed by atoms with van der Waals surface area (Å²) in [4.78, 5) is 6.93. The van der Waals surface area contributed by atoms with Crippen LogP contribution in [-0.4, -0.2) is 70.5 Å². The van der Waals surface area contributed by atoms with E-state index in [9.17, 15) is 8.78 Å². The number of nitrogens with zero attached hydrogens (tertiary/aromatic N) is 2. The third-order valence-corrected chi connectivity index (χ3v) is 4.57. The van der Waals surface area contributed by atoms with Crippen molar-refractivity contribution >= 4 is 29.9 Å². The van der Waals surface area contributed by atoms with E-state index >= 15 is 0 Å².